The zero-order valence-electron chi connectivity index (χ0n) is 9.94. The molecular formula is C12H16N4O2. The fourth-order valence-electron chi connectivity index (χ4n) is 1.73. The van der Waals surface area contributed by atoms with Crippen molar-refractivity contribution in [2.24, 2.45) is 0 Å². The molecule has 1 aromatic heterocycles. The molecule has 0 aliphatic carbocycles. The number of aromatic amines is 1. The summed E-state index contributed by atoms with van der Waals surface area (Å²) in [4.78, 5) is 11.9. The van der Waals surface area contributed by atoms with E-state index in [0.29, 0.717) is 24.3 Å². The van der Waals surface area contributed by atoms with E-state index in [2.05, 4.69) is 15.5 Å². The number of carbonyl (C=O) groups excluding carboxylic acids is 1. The van der Waals surface area contributed by atoms with E-state index in [1.807, 2.05) is 0 Å². The van der Waals surface area contributed by atoms with Crippen molar-refractivity contribution in [3.8, 4) is 0 Å². The number of aliphatic hydroxyl groups is 1. The highest BCUT2D eigenvalue weighted by Gasteiger charge is 2.13. The lowest BCUT2D eigenvalue weighted by atomic mass is 10.2. The molecule has 0 aliphatic heterocycles. The fraction of sp³-hybridized carbons (Fsp3) is 0.333. The molecule has 1 amide bonds. The van der Waals surface area contributed by atoms with Gasteiger partial charge in [-0.05, 0) is 31.0 Å². The van der Waals surface area contributed by atoms with Crippen LogP contribution in [0.1, 0.15) is 23.3 Å². The summed E-state index contributed by atoms with van der Waals surface area (Å²) in [6.07, 6.45) is 1.42. The van der Waals surface area contributed by atoms with Crippen molar-refractivity contribution < 1.29 is 9.90 Å². The molecule has 0 bridgehead atoms. The minimum absolute atomic E-state index is 0.137. The third-order valence-corrected chi connectivity index (χ3v) is 2.67. The number of H-pyrrole nitrogens is 1. The zero-order valence-corrected chi connectivity index (χ0v) is 9.94. The normalized spacial score (nSPS) is 10.7. The Labute approximate surface area is 104 Å². The Morgan fingerprint density at radius 1 is 1.44 bits per heavy atom. The van der Waals surface area contributed by atoms with Gasteiger partial charge in [-0.1, -0.05) is 0 Å². The molecule has 0 saturated carbocycles. The van der Waals surface area contributed by atoms with Crippen molar-refractivity contribution in [3.05, 3.63) is 23.9 Å². The molecule has 6 nitrogen and oxygen atoms in total. The van der Waals surface area contributed by atoms with Crippen molar-refractivity contribution in [1.29, 1.82) is 0 Å². The minimum Gasteiger partial charge on any atom is -0.399 e. The second kappa shape index (κ2) is 5.50. The van der Waals surface area contributed by atoms with Crippen molar-refractivity contribution >= 4 is 22.5 Å². The summed E-state index contributed by atoms with van der Waals surface area (Å²) < 4.78 is 0. The van der Waals surface area contributed by atoms with Crippen LogP contribution in [0.4, 0.5) is 5.69 Å². The van der Waals surface area contributed by atoms with Gasteiger partial charge in [-0.15, -0.1) is 0 Å². The number of unbranched alkanes of at least 4 members (excludes halogenated alkanes) is 1. The Morgan fingerprint density at radius 2 is 2.28 bits per heavy atom. The molecule has 2 aromatic rings. The van der Waals surface area contributed by atoms with Crippen LogP contribution in [0.2, 0.25) is 0 Å². The van der Waals surface area contributed by atoms with Gasteiger partial charge in [0.1, 0.15) is 0 Å². The van der Waals surface area contributed by atoms with Crippen LogP contribution >= 0.6 is 0 Å². The van der Waals surface area contributed by atoms with E-state index in [1.54, 1.807) is 18.2 Å². The van der Waals surface area contributed by atoms with E-state index in [9.17, 15) is 4.79 Å². The van der Waals surface area contributed by atoms with Crippen molar-refractivity contribution in [2.75, 3.05) is 18.9 Å². The molecular weight excluding hydrogens is 232 g/mol. The quantitative estimate of drug-likeness (QED) is 0.460. The van der Waals surface area contributed by atoms with Gasteiger partial charge >= 0.3 is 0 Å². The number of hydrogen-bond acceptors (Lipinski definition) is 4. The number of rotatable bonds is 5. The predicted octanol–water partition coefficient (Wildman–Crippen LogP) is 0.647. The highest BCUT2D eigenvalue weighted by Crippen LogP contribution is 2.18. The SMILES string of the molecule is Nc1ccc2[nH]nc(C(=O)NCCCCO)c2c1. The second-order valence-corrected chi connectivity index (χ2v) is 4.06. The molecule has 0 unspecified atom stereocenters. The van der Waals surface area contributed by atoms with Gasteiger partial charge in [0.05, 0.1) is 5.52 Å². The van der Waals surface area contributed by atoms with E-state index in [-0.39, 0.29) is 12.5 Å². The highest BCUT2D eigenvalue weighted by atomic mass is 16.2. The van der Waals surface area contributed by atoms with Gasteiger partial charge in [-0.25, -0.2) is 0 Å². The number of anilines is 1. The third-order valence-electron chi connectivity index (χ3n) is 2.67. The molecule has 0 radical (unpaired) electrons. The third kappa shape index (κ3) is 2.60. The highest BCUT2D eigenvalue weighted by molar-refractivity contribution is 6.05. The molecule has 96 valence electrons. The number of benzene rings is 1. The lowest BCUT2D eigenvalue weighted by Gasteiger charge is -2.02. The standard InChI is InChI=1S/C12H16N4O2/c13-8-3-4-10-9(7-8)11(16-15-10)12(18)14-5-1-2-6-17/h3-4,7,17H,1-2,5-6,13H2,(H,14,18)(H,15,16). The number of carbonyl (C=O) groups is 1. The maximum atomic E-state index is 11.9. The van der Waals surface area contributed by atoms with Gasteiger partial charge in [-0.3, -0.25) is 9.89 Å². The maximum Gasteiger partial charge on any atom is 0.272 e. The van der Waals surface area contributed by atoms with E-state index in [1.165, 1.54) is 0 Å². The molecule has 0 atom stereocenters. The number of nitrogens with zero attached hydrogens (tertiary/aromatic N) is 1. The van der Waals surface area contributed by atoms with Gasteiger partial charge in [0, 0.05) is 24.2 Å². The van der Waals surface area contributed by atoms with Gasteiger partial charge < -0.3 is 16.2 Å². The summed E-state index contributed by atoms with van der Waals surface area (Å²) in [5.41, 5.74) is 7.42. The van der Waals surface area contributed by atoms with E-state index in [4.69, 9.17) is 10.8 Å². The van der Waals surface area contributed by atoms with Crippen LogP contribution in [0.3, 0.4) is 0 Å². The van der Waals surface area contributed by atoms with E-state index >= 15 is 0 Å². The molecule has 1 heterocycles. The zero-order chi connectivity index (χ0) is 13.0. The van der Waals surface area contributed by atoms with Crippen LogP contribution in [0, 0.1) is 0 Å². The smallest absolute Gasteiger partial charge is 0.272 e. The Hall–Kier alpha value is -2.08. The Morgan fingerprint density at radius 3 is 3.06 bits per heavy atom. The maximum absolute atomic E-state index is 11.9. The molecule has 0 saturated heterocycles. The van der Waals surface area contributed by atoms with Crippen LogP contribution in [0.5, 0.6) is 0 Å². The summed E-state index contributed by atoms with van der Waals surface area (Å²) in [6, 6.07) is 5.27. The molecule has 1 aromatic carbocycles. The van der Waals surface area contributed by atoms with E-state index < -0.39 is 0 Å². The summed E-state index contributed by atoms with van der Waals surface area (Å²) >= 11 is 0. The summed E-state index contributed by atoms with van der Waals surface area (Å²) in [5, 5.41) is 18.9. The number of amides is 1. The first kappa shape index (κ1) is 12.4. The summed E-state index contributed by atoms with van der Waals surface area (Å²) in [6.45, 7) is 0.661. The molecule has 0 aliphatic rings. The average molecular weight is 248 g/mol. The van der Waals surface area contributed by atoms with Crippen LogP contribution < -0.4 is 11.1 Å². The lowest BCUT2D eigenvalue weighted by Crippen LogP contribution is -2.25. The number of nitrogens with one attached hydrogen (secondary N) is 2. The van der Waals surface area contributed by atoms with Gasteiger partial charge in [0.25, 0.3) is 5.91 Å². The molecule has 2 rings (SSSR count). The van der Waals surface area contributed by atoms with Crippen LogP contribution in [-0.2, 0) is 0 Å². The predicted molar refractivity (Wildman–Crippen MR) is 69.2 cm³/mol. The number of hydrogen-bond donors (Lipinski definition) is 4. The Balaban J connectivity index is 2.10. The largest absolute Gasteiger partial charge is 0.399 e. The van der Waals surface area contributed by atoms with E-state index in [0.717, 1.165) is 17.3 Å². The number of aliphatic hydroxyl groups excluding tert-OH is 1. The molecule has 0 spiro atoms. The Kier molecular flexibility index (Phi) is 3.78. The van der Waals surface area contributed by atoms with Gasteiger partial charge in [0.15, 0.2) is 5.69 Å². The van der Waals surface area contributed by atoms with Crippen molar-refractivity contribution in [3.63, 3.8) is 0 Å². The first-order valence-electron chi connectivity index (χ1n) is 5.85. The first-order chi connectivity index (χ1) is 8.72. The number of nitrogen functional groups attached to an aromatic ring is 1. The number of fused-ring (bicyclic) bond motifs is 1. The Bertz CT molecular complexity index is 550. The van der Waals surface area contributed by atoms with Gasteiger partial charge in [0.2, 0.25) is 0 Å². The number of aromatic nitrogens is 2. The monoisotopic (exact) mass is 248 g/mol. The molecule has 6 heteroatoms. The summed E-state index contributed by atoms with van der Waals surface area (Å²) in [5.74, 6) is -0.232. The van der Waals surface area contributed by atoms with Gasteiger partial charge in [-0.2, -0.15) is 5.10 Å². The molecule has 5 N–H and O–H groups in total. The summed E-state index contributed by atoms with van der Waals surface area (Å²) in [7, 11) is 0. The fourth-order valence-corrected chi connectivity index (χ4v) is 1.73. The van der Waals surface area contributed by atoms with Crippen LogP contribution in [0.25, 0.3) is 10.9 Å². The van der Waals surface area contributed by atoms with Crippen molar-refractivity contribution in [1.82, 2.24) is 15.5 Å². The topological polar surface area (TPSA) is 104 Å². The second-order valence-electron chi connectivity index (χ2n) is 4.06. The van der Waals surface area contributed by atoms with Crippen molar-refractivity contribution in [2.45, 2.75) is 12.8 Å². The minimum atomic E-state index is -0.232. The van der Waals surface area contributed by atoms with Crippen LogP contribution in [-0.4, -0.2) is 34.4 Å². The average Bonchev–Trinajstić information content (AvgIpc) is 2.77. The first-order valence-corrected chi connectivity index (χ1v) is 5.85. The molecule has 18 heavy (non-hydrogen) atoms. The van der Waals surface area contributed by atoms with Crippen LogP contribution in [0.15, 0.2) is 18.2 Å². The lowest BCUT2D eigenvalue weighted by molar-refractivity contribution is 0.0948. The molecule has 0 fully saturated rings. The number of nitrogens with two attached hydrogens (primary N) is 1.